The van der Waals surface area contributed by atoms with Crippen LogP contribution in [0.5, 0.6) is 0 Å². The number of hydrogen-bond donors (Lipinski definition) is 1. The molecule has 1 aliphatic rings. The van der Waals surface area contributed by atoms with Gasteiger partial charge in [-0.15, -0.1) is 10.2 Å². The van der Waals surface area contributed by atoms with Crippen molar-refractivity contribution in [1.29, 1.82) is 0 Å². The minimum absolute atomic E-state index is 0.235. The number of anilines is 2. The minimum Gasteiger partial charge on any atom is -0.352 e. The number of carbonyl (C=O) groups is 1. The molecule has 2 aromatic heterocycles. The Morgan fingerprint density at radius 3 is 2.34 bits per heavy atom. The van der Waals surface area contributed by atoms with Crippen LogP contribution in [0.1, 0.15) is 11.4 Å². The van der Waals surface area contributed by atoms with Crippen molar-refractivity contribution >= 4 is 17.5 Å². The summed E-state index contributed by atoms with van der Waals surface area (Å²) >= 11 is 0. The van der Waals surface area contributed by atoms with Crippen LogP contribution in [-0.2, 0) is 0 Å². The summed E-state index contributed by atoms with van der Waals surface area (Å²) in [6.45, 7) is 6.29. The van der Waals surface area contributed by atoms with E-state index in [9.17, 15) is 9.18 Å². The summed E-state index contributed by atoms with van der Waals surface area (Å²) in [5, 5.41) is 15.8. The van der Waals surface area contributed by atoms with Gasteiger partial charge in [0.15, 0.2) is 11.6 Å². The predicted molar refractivity (Wildman–Crippen MR) is 108 cm³/mol. The summed E-state index contributed by atoms with van der Waals surface area (Å²) in [5.74, 6) is 1.06. The average molecular weight is 395 g/mol. The SMILES string of the molecule is Cc1cc(C)n(-c2ccc(N3CCN(C(=O)Nc4cccc(F)c4)CC3)nn2)n1. The summed E-state index contributed by atoms with van der Waals surface area (Å²) in [4.78, 5) is 16.2. The number of carbonyl (C=O) groups excluding carboxylic acids is 1. The molecule has 4 rings (SSSR count). The van der Waals surface area contributed by atoms with E-state index in [0.717, 1.165) is 17.2 Å². The van der Waals surface area contributed by atoms with Crippen LogP contribution < -0.4 is 10.2 Å². The Balaban J connectivity index is 1.35. The van der Waals surface area contributed by atoms with Gasteiger partial charge in [0.25, 0.3) is 0 Å². The number of nitrogens with zero attached hydrogens (tertiary/aromatic N) is 6. The Kier molecular flexibility index (Phi) is 5.11. The maximum Gasteiger partial charge on any atom is 0.321 e. The van der Waals surface area contributed by atoms with Crippen molar-refractivity contribution in [3.63, 3.8) is 0 Å². The number of piperazine rings is 1. The number of halogens is 1. The fourth-order valence-corrected chi connectivity index (χ4v) is 3.37. The largest absolute Gasteiger partial charge is 0.352 e. The van der Waals surface area contributed by atoms with Crippen molar-refractivity contribution in [2.45, 2.75) is 13.8 Å². The van der Waals surface area contributed by atoms with Gasteiger partial charge in [0.2, 0.25) is 0 Å². The zero-order valence-electron chi connectivity index (χ0n) is 16.3. The Hall–Kier alpha value is -3.49. The number of aromatic nitrogens is 4. The lowest BCUT2D eigenvalue weighted by Crippen LogP contribution is -2.50. The summed E-state index contributed by atoms with van der Waals surface area (Å²) in [7, 11) is 0. The highest BCUT2D eigenvalue weighted by Gasteiger charge is 2.22. The molecule has 0 saturated carbocycles. The molecule has 3 aromatic rings. The molecule has 1 saturated heterocycles. The second-order valence-corrected chi connectivity index (χ2v) is 7.00. The van der Waals surface area contributed by atoms with Gasteiger partial charge in [-0.3, -0.25) is 0 Å². The second kappa shape index (κ2) is 7.86. The number of aryl methyl sites for hydroxylation is 2. The van der Waals surface area contributed by atoms with E-state index in [1.807, 2.05) is 32.0 Å². The molecular formula is C20H22FN7O. The molecule has 0 bridgehead atoms. The molecule has 1 fully saturated rings. The van der Waals surface area contributed by atoms with Crippen molar-refractivity contribution in [1.82, 2.24) is 24.9 Å². The molecule has 1 N–H and O–H groups in total. The first kappa shape index (κ1) is 18.9. The standard InChI is InChI=1S/C20H22FN7O/c1-14-12-15(2)28(25-14)19-7-6-18(23-24-19)26-8-10-27(11-9-26)20(29)22-17-5-3-4-16(21)13-17/h3-7,12-13H,8-11H2,1-2H3,(H,22,29). The number of benzene rings is 1. The second-order valence-electron chi connectivity index (χ2n) is 7.00. The van der Waals surface area contributed by atoms with Crippen LogP contribution in [0.2, 0.25) is 0 Å². The van der Waals surface area contributed by atoms with Gasteiger partial charge in [0, 0.05) is 37.6 Å². The predicted octanol–water partition coefficient (Wildman–Crippen LogP) is 2.77. The van der Waals surface area contributed by atoms with Crippen molar-refractivity contribution in [3.8, 4) is 5.82 Å². The molecule has 1 aromatic carbocycles. The van der Waals surface area contributed by atoms with Crippen molar-refractivity contribution in [3.05, 3.63) is 59.7 Å². The van der Waals surface area contributed by atoms with Crippen LogP contribution in [0, 0.1) is 19.7 Å². The highest BCUT2D eigenvalue weighted by molar-refractivity contribution is 5.89. The summed E-state index contributed by atoms with van der Waals surface area (Å²) in [6, 6.07) is 11.4. The van der Waals surface area contributed by atoms with Crippen molar-refractivity contribution < 1.29 is 9.18 Å². The Morgan fingerprint density at radius 2 is 1.72 bits per heavy atom. The maximum atomic E-state index is 13.3. The van der Waals surface area contributed by atoms with Crippen molar-refractivity contribution in [2.24, 2.45) is 0 Å². The van der Waals surface area contributed by atoms with Crippen LogP contribution in [0.3, 0.4) is 0 Å². The third-order valence-electron chi connectivity index (χ3n) is 4.83. The lowest BCUT2D eigenvalue weighted by atomic mass is 10.3. The van der Waals surface area contributed by atoms with E-state index in [1.165, 1.54) is 12.1 Å². The Morgan fingerprint density at radius 1 is 1.00 bits per heavy atom. The first-order valence-electron chi connectivity index (χ1n) is 9.43. The van der Waals surface area contributed by atoms with E-state index in [1.54, 1.807) is 21.7 Å². The molecule has 0 spiro atoms. The van der Waals surface area contributed by atoms with E-state index in [4.69, 9.17) is 0 Å². The first-order chi connectivity index (χ1) is 14.0. The normalized spacial score (nSPS) is 14.2. The van der Waals surface area contributed by atoms with E-state index in [2.05, 4.69) is 25.5 Å². The molecule has 1 aliphatic heterocycles. The molecule has 0 unspecified atom stereocenters. The van der Waals surface area contributed by atoms with E-state index in [-0.39, 0.29) is 11.8 Å². The topological polar surface area (TPSA) is 79.2 Å². The van der Waals surface area contributed by atoms with Crippen molar-refractivity contribution in [2.75, 3.05) is 36.4 Å². The summed E-state index contributed by atoms with van der Waals surface area (Å²) in [5.41, 5.74) is 2.38. The van der Waals surface area contributed by atoms with Crippen LogP contribution in [0.25, 0.3) is 5.82 Å². The van der Waals surface area contributed by atoms with Gasteiger partial charge < -0.3 is 15.1 Å². The number of urea groups is 1. The van der Waals surface area contributed by atoms with Gasteiger partial charge in [0.05, 0.1) is 5.69 Å². The average Bonchev–Trinajstić information content (AvgIpc) is 3.06. The quantitative estimate of drug-likeness (QED) is 0.738. The fourth-order valence-electron chi connectivity index (χ4n) is 3.37. The van der Waals surface area contributed by atoms with Gasteiger partial charge in [0.1, 0.15) is 5.82 Å². The van der Waals surface area contributed by atoms with Crippen LogP contribution in [-0.4, -0.2) is 57.1 Å². The maximum absolute atomic E-state index is 13.3. The summed E-state index contributed by atoms with van der Waals surface area (Å²) < 4.78 is 15.0. The molecule has 0 atom stereocenters. The zero-order valence-corrected chi connectivity index (χ0v) is 16.3. The third-order valence-corrected chi connectivity index (χ3v) is 4.83. The van der Waals surface area contributed by atoms with Gasteiger partial charge in [-0.2, -0.15) is 5.10 Å². The van der Waals surface area contributed by atoms with Crippen LogP contribution in [0.4, 0.5) is 20.7 Å². The molecule has 8 nitrogen and oxygen atoms in total. The molecular weight excluding hydrogens is 373 g/mol. The lowest BCUT2D eigenvalue weighted by Gasteiger charge is -2.35. The Bertz CT molecular complexity index is 1010. The molecule has 0 aliphatic carbocycles. The van der Waals surface area contributed by atoms with E-state index < -0.39 is 0 Å². The minimum atomic E-state index is -0.380. The lowest BCUT2D eigenvalue weighted by molar-refractivity contribution is 0.208. The van der Waals surface area contributed by atoms with Gasteiger partial charge in [-0.25, -0.2) is 13.9 Å². The third kappa shape index (κ3) is 4.18. The smallest absolute Gasteiger partial charge is 0.321 e. The highest BCUT2D eigenvalue weighted by atomic mass is 19.1. The molecule has 150 valence electrons. The van der Waals surface area contributed by atoms with Gasteiger partial charge in [-0.1, -0.05) is 6.07 Å². The van der Waals surface area contributed by atoms with E-state index >= 15 is 0 Å². The van der Waals surface area contributed by atoms with Crippen LogP contribution in [0.15, 0.2) is 42.5 Å². The first-order valence-corrected chi connectivity index (χ1v) is 9.43. The molecule has 3 heterocycles. The zero-order chi connectivity index (χ0) is 20.4. The number of amides is 2. The molecule has 2 amide bonds. The monoisotopic (exact) mass is 395 g/mol. The molecule has 29 heavy (non-hydrogen) atoms. The molecule has 0 radical (unpaired) electrons. The molecule has 9 heteroatoms. The number of hydrogen-bond acceptors (Lipinski definition) is 5. The number of rotatable bonds is 3. The summed E-state index contributed by atoms with van der Waals surface area (Å²) in [6.07, 6.45) is 0. The van der Waals surface area contributed by atoms with Gasteiger partial charge in [-0.05, 0) is 50.2 Å². The fraction of sp³-hybridized carbons (Fsp3) is 0.300. The van der Waals surface area contributed by atoms with E-state index in [0.29, 0.717) is 37.7 Å². The van der Waals surface area contributed by atoms with Crippen LogP contribution >= 0.6 is 0 Å². The van der Waals surface area contributed by atoms with Gasteiger partial charge >= 0.3 is 6.03 Å². The number of nitrogens with one attached hydrogen (secondary N) is 1. The Labute approximate surface area is 168 Å². The highest BCUT2D eigenvalue weighted by Crippen LogP contribution is 2.16.